The molecule has 14 nitrogen and oxygen atoms in total. The van der Waals surface area contributed by atoms with Gasteiger partial charge < -0.3 is 31.2 Å². The van der Waals surface area contributed by atoms with Gasteiger partial charge in [-0.15, -0.1) is 0 Å². The number of Topliss-reactive ketones (excluding diaryl/α,β-unsaturated/α-hetero) is 2. The number of hydrogen-bond donors (Lipinski definition) is 6. The van der Waals surface area contributed by atoms with Crippen molar-refractivity contribution in [3.05, 3.63) is 149 Å². The number of carbonyl (C=O) groups excluding carboxylic acids is 4. The summed E-state index contributed by atoms with van der Waals surface area (Å²) in [5, 5.41) is 13.3. The number of nitrogens with one attached hydrogen (secondary N) is 6. The minimum Gasteiger partial charge on any atom is -0.343 e. The van der Waals surface area contributed by atoms with Crippen LogP contribution in [0.4, 0.5) is 23.0 Å². The summed E-state index contributed by atoms with van der Waals surface area (Å²) in [7, 11) is 0. The van der Waals surface area contributed by atoms with Crippen molar-refractivity contribution in [1.82, 2.24) is 19.9 Å². The van der Waals surface area contributed by atoms with Crippen molar-refractivity contribution < 1.29 is 19.2 Å². The van der Waals surface area contributed by atoms with Crippen LogP contribution in [0, 0.1) is 10.8 Å². The molecule has 0 saturated heterocycles. The van der Waals surface area contributed by atoms with Gasteiger partial charge in [-0.25, -0.2) is 9.97 Å². The fourth-order valence-electron chi connectivity index (χ4n) is 10.7. The number of anilines is 4. The third-order valence-electron chi connectivity index (χ3n) is 13.2. The van der Waals surface area contributed by atoms with Crippen LogP contribution >= 0.6 is 23.5 Å². The second kappa shape index (κ2) is 14.0. The molecule has 5 aromatic rings. The zero-order valence-corrected chi connectivity index (χ0v) is 37.0. The highest BCUT2D eigenvalue weighted by Crippen LogP contribution is 2.57. The van der Waals surface area contributed by atoms with Crippen LogP contribution in [0.5, 0.6) is 0 Å². The van der Waals surface area contributed by atoms with Crippen molar-refractivity contribution in [3.63, 3.8) is 0 Å². The topological polar surface area (TPSA) is 208 Å². The molecule has 0 saturated carbocycles. The first kappa shape index (κ1) is 40.3. The molecule has 6 aliphatic rings. The average Bonchev–Trinajstić information content (AvgIpc) is 3.67. The Balaban J connectivity index is 0.839. The highest BCUT2D eigenvalue weighted by molar-refractivity contribution is 7.98. The minimum atomic E-state index is -1.62. The molecule has 2 atom stereocenters. The number of aromatic amines is 2. The lowest BCUT2D eigenvalue weighted by Gasteiger charge is -2.42. The third kappa shape index (κ3) is 5.87. The van der Waals surface area contributed by atoms with Crippen LogP contribution in [0.15, 0.2) is 115 Å². The molecule has 2 amide bonds. The predicted molar refractivity (Wildman–Crippen MR) is 244 cm³/mol. The van der Waals surface area contributed by atoms with E-state index in [1.54, 1.807) is 36.4 Å². The van der Waals surface area contributed by atoms with Gasteiger partial charge in [0.1, 0.15) is 22.5 Å². The Morgan fingerprint density at radius 3 is 1.31 bits per heavy atom. The number of rotatable bonds is 6. The lowest BCUT2D eigenvalue weighted by molar-refractivity contribution is -0.123. The normalized spacial score (nSPS) is 23.1. The summed E-state index contributed by atoms with van der Waals surface area (Å²) in [6.45, 7) is 8.06. The van der Waals surface area contributed by atoms with Crippen LogP contribution in [-0.2, 0) is 41.5 Å². The summed E-state index contributed by atoms with van der Waals surface area (Å²) in [5.41, 5.74) is 1.33. The number of amides is 2. The molecule has 0 fully saturated rings. The number of allylic oxidation sites excluding steroid dienone is 2. The Morgan fingerprint density at radius 2 is 0.906 bits per heavy atom. The molecule has 11 rings (SSSR count). The lowest BCUT2D eigenvalue weighted by atomic mass is 9.61. The summed E-state index contributed by atoms with van der Waals surface area (Å²) in [5.74, 6) is 0.258. The van der Waals surface area contributed by atoms with Gasteiger partial charge >= 0.3 is 0 Å². The van der Waals surface area contributed by atoms with Gasteiger partial charge in [0.2, 0.25) is 11.8 Å². The zero-order chi connectivity index (χ0) is 44.5. The number of fused-ring (bicyclic) bond motifs is 10. The van der Waals surface area contributed by atoms with Crippen LogP contribution in [0.1, 0.15) is 86.8 Å². The van der Waals surface area contributed by atoms with Crippen molar-refractivity contribution in [1.29, 1.82) is 0 Å². The fraction of sp³-hybridized carbons (Fsp3) is 0.292. The third-order valence-corrected chi connectivity index (χ3v) is 15.1. The second-order valence-corrected chi connectivity index (χ2v) is 20.8. The molecule has 0 bridgehead atoms. The predicted octanol–water partition coefficient (Wildman–Crippen LogP) is 7.05. The van der Waals surface area contributed by atoms with Gasteiger partial charge in [0.25, 0.3) is 11.1 Å². The summed E-state index contributed by atoms with van der Waals surface area (Å²) in [6, 6.07) is 22.3. The molecule has 16 heteroatoms. The molecule has 2 unspecified atom stereocenters. The van der Waals surface area contributed by atoms with Crippen LogP contribution in [-0.4, -0.2) is 43.3 Å². The number of hydrogen-bond acceptors (Lipinski definition) is 12. The summed E-state index contributed by atoms with van der Waals surface area (Å²) in [4.78, 5) is 99.9. The van der Waals surface area contributed by atoms with Gasteiger partial charge in [-0.1, -0.05) is 112 Å². The Kier molecular flexibility index (Phi) is 8.80. The Morgan fingerprint density at radius 1 is 0.516 bits per heavy atom. The van der Waals surface area contributed by atoms with Gasteiger partial charge in [0.15, 0.2) is 21.9 Å². The van der Waals surface area contributed by atoms with Crippen LogP contribution in [0.25, 0.3) is 0 Å². The van der Waals surface area contributed by atoms with E-state index in [0.717, 1.165) is 11.1 Å². The molecule has 3 aromatic carbocycles. The van der Waals surface area contributed by atoms with Crippen molar-refractivity contribution in [3.8, 4) is 0 Å². The average molecular weight is 891 g/mol. The molecule has 2 aromatic heterocycles. The summed E-state index contributed by atoms with van der Waals surface area (Å²) in [6.07, 6.45) is 1.52. The largest absolute Gasteiger partial charge is 0.343 e. The number of carbonyl (C=O) groups is 4. The molecule has 2 aliphatic carbocycles. The van der Waals surface area contributed by atoms with Crippen LogP contribution < -0.4 is 32.4 Å². The van der Waals surface area contributed by atoms with E-state index in [4.69, 9.17) is 9.97 Å². The second-order valence-electron chi connectivity index (χ2n) is 18.9. The monoisotopic (exact) mass is 890 g/mol. The van der Waals surface area contributed by atoms with E-state index >= 15 is 0 Å². The van der Waals surface area contributed by atoms with Crippen molar-refractivity contribution in [2.45, 2.75) is 86.0 Å². The first-order valence-corrected chi connectivity index (χ1v) is 23.1. The minimum absolute atomic E-state index is 0.113. The molecule has 0 radical (unpaired) electrons. The van der Waals surface area contributed by atoms with E-state index in [1.165, 1.54) is 23.5 Å². The van der Waals surface area contributed by atoms with E-state index in [-0.39, 0.29) is 58.0 Å². The maximum Gasteiger partial charge on any atom is 0.258 e. The highest BCUT2D eigenvalue weighted by Gasteiger charge is 2.62. The number of nitrogens with zero attached hydrogens (tertiary/aromatic N) is 2. The van der Waals surface area contributed by atoms with E-state index in [0.29, 0.717) is 79.7 Å². The van der Waals surface area contributed by atoms with Gasteiger partial charge in [0.05, 0.1) is 11.1 Å². The molecular weight excluding hydrogens is 849 g/mol. The van der Waals surface area contributed by atoms with Gasteiger partial charge in [0, 0.05) is 69.4 Å². The molecule has 6 heterocycles. The Labute approximate surface area is 375 Å². The highest BCUT2D eigenvalue weighted by atomic mass is 32.2. The van der Waals surface area contributed by atoms with Crippen LogP contribution in [0.2, 0.25) is 0 Å². The molecule has 6 N–H and O–H groups in total. The van der Waals surface area contributed by atoms with E-state index in [9.17, 15) is 28.8 Å². The van der Waals surface area contributed by atoms with Crippen molar-refractivity contribution >= 4 is 69.9 Å². The summed E-state index contributed by atoms with van der Waals surface area (Å²) < 4.78 is 0. The van der Waals surface area contributed by atoms with E-state index < -0.39 is 33.8 Å². The number of aromatic nitrogens is 4. The van der Waals surface area contributed by atoms with Gasteiger partial charge in [-0.3, -0.25) is 28.8 Å². The number of benzene rings is 3. The maximum atomic E-state index is 14.2. The first-order chi connectivity index (χ1) is 30.6. The van der Waals surface area contributed by atoms with Crippen molar-refractivity contribution in [2.24, 2.45) is 10.8 Å². The number of H-pyrrole nitrogens is 2. The number of para-hydroxylation sites is 2. The fourth-order valence-corrected chi connectivity index (χ4v) is 12.4. The smallest absolute Gasteiger partial charge is 0.258 e. The molecule has 2 spiro atoms. The molecule has 64 heavy (non-hydrogen) atoms. The standard InChI is InChI=1S/C48H42N8O6S2/c1-45(2)17-29-33(31(57)19-45)47(25-9-5-7-11-27(25)51-41(47)61)35-37(49-29)53-43(55-39(35)59)63-21-23-13-15-24(16-14-23)22-64-44-54-38-36(40(60)56-44)48(26-10-6-8-12-28(26)52-42(48)62)34-30(50-38)18-46(3,4)20-32(34)58/h5-16H,17-22H2,1-4H3,(H,51,61)(H,52,62)(H2,49,53,55,59)(H2,50,54,56,60). The van der Waals surface area contributed by atoms with E-state index in [2.05, 4.69) is 31.2 Å². The van der Waals surface area contributed by atoms with E-state index in [1.807, 2.05) is 64.1 Å². The zero-order valence-electron chi connectivity index (χ0n) is 35.3. The number of thioether (sulfide) groups is 2. The molecule has 322 valence electrons. The summed E-state index contributed by atoms with van der Waals surface area (Å²) >= 11 is 2.69. The Hall–Kier alpha value is -6.52. The number of ketones is 2. The lowest BCUT2D eigenvalue weighted by Crippen LogP contribution is -2.50. The Bertz CT molecular complexity index is 2960. The molecular formula is C48H42N8O6S2. The molecule has 4 aliphatic heterocycles. The van der Waals surface area contributed by atoms with Gasteiger partial charge in [-0.2, -0.15) is 0 Å². The maximum absolute atomic E-state index is 14.2. The quantitative estimate of drug-likeness (QED) is 0.0749. The van der Waals surface area contributed by atoms with Gasteiger partial charge in [-0.05, 0) is 46.9 Å². The SMILES string of the molecule is CC1(C)CC(=O)C2=C(C1)Nc1nc(SCc3ccc(CSc4nc5c(c(=O)[nH]4)C4(C(=O)Nc6ccccc64)C4=C(CC(C)(C)CC4=O)N5)cc3)[nH]c(=O)c1C21C(=O)Nc2ccccc21. The van der Waals surface area contributed by atoms with Crippen molar-refractivity contribution in [2.75, 3.05) is 21.3 Å². The first-order valence-electron chi connectivity index (χ1n) is 21.1. The van der Waals surface area contributed by atoms with Crippen LogP contribution in [0.3, 0.4) is 0 Å².